The third-order valence-corrected chi connectivity index (χ3v) is 5.65. The number of likely N-dealkylation sites (tertiary alicyclic amines) is 1. The van der Waals surface area contributed by atoms with Crippen molar-refractivity contribution in [2.24, 2.45) is 11.7 Å². The Balaban J connectivity index is 1.73. The van der Waals surface area contributed by atoms with Gasteiger partial charge in [0.25, 0.3) is 0 Å². The van der Waals surface area contributed by atoms with Gasteiger partial charge in [-0.1, -0.05) is 24.3 Å². The average Bonchev–Trinajstić information content (AvgIpc) is 3.11. The first kappa shape index (κ1) is 20.2. The summed E-state index contributed by atoms with van der Waals surface area (Å²) in [6.45, 7) is 4.02. The molecule has 0 bridgehead atoms. The minimum Gasteiger partial charge on any atom is -0.369 e. The number of primary amides is 1. The summed E-state index contributed by atoms with van der Waals surface area (Å²) in [5, 5.41) is 4.66. The van der Waals surface area contributed by atoms with Crippen molar-refractivity contribution in [1.82, 2.24) is 14.7 Å². The number of nitrogens with zero attached hydrogens (tertiary/aromatic N) is 3. The number of rotatable bonds is 5. The van der Waals surface area contributed by atoms with Crippen LogP contribution in [0.1, 0.15) is 24.0 Å². The molecule has 0 saturated carbocycles. The number of benzene rings is 2. The van der Waals surface area contributed by atoms with E-state index in [4.69, 9.17) is 5.73 Å². The Hall–Kier alpha value is -3.06. The lowest BCUT2D eigenvalue weighted by atomic mass is 9.96. The molecule has 1 atom stereocenters. The molecule has 0 aliphatic carbocycles. The summed E-state index contributed by atoms with van der Waals surface area (Å²) < 4.78 is 29.2. The molecule has 2 N–H and O–H groups in total. The molecule has 1 amide bonds. The van der Waals surface area contributed by atoms with E-state index in [1.807, 2.05) is 31.2 Å². The Kier molecular flexibility index (Phi) is 5.63. The van der Waals surface area contributed by atoms with Gasteiger partial charge < -0.3 is 5.73 Å². The molecule has 1 aromatic heterocycles. The van der Waals surface area contributed by atoms with Crippen LogP contribution in [0, 0.1) is 24.5 Å². The molecule has 1 aliphatic rings. The Morgan fingerprint density at radius 2 is 2.03 bits per heavy atom. The Morgan fingerprint density at radius 3 is 2.77 bits per heavy atom. The van der Waals surface area contributed by atoms with E-state index in [9.17, 15) is 13.6 Å². The number of piperidine rings is 1. The summed E-state index contributed by atoms with van der Waals surface area (Å²) in [6, 6.07) is 11.3. The zero-order chi connectivity index (χ0) is 21.3. The topological polar surface area (TPSA) is 64.2 Å². The van der Waals surface area contributed by atoms with E-state index in [2.05, 4.69) is 10.00 Å². The van der Waals surface area contributed by atoms with Crippen LogP contribution in [0.5, 0.6) is 0 Å². The summed E-state index contributed by atoms with van der Waals surface area (Å²) in [5.41, 5.74) is 9.38. The van der Waals surface area contributed by atoms with E-state index in [0.29, 0.717) is 13.1 Å². The van der Waals surface area contributed by atoms with Crippen LogP contribution >= 0.6 is 0 Å². The lowest BCUT2D eigenvalue weighted by Crippen LogP contribution is -2.40. The number of halogens is 2. The molecule has 1 aliphatic heterocycles. The second kappa shape index (κ2) is 8.36. The zero-order valence-electron chi connectivity index (χ0n) is 16.8. The monoisotopic (exact) mass is 410 g/mol. The van der Waals surface area contributed by atoms with E-state index in [1.54, 1.807) is 6.20 Å². The highest BCUT2D eigenvalue weighted by atomic mass is 19.1. The van der Waals surface area contributed by atoms with Gasteiger partial charge in [-0.15, -0.1) is 0 Å². The van der Waals surface area contributed by atoms with Gasteiger partial charge in [0.2, 0.25) is 5.91 Å². The first-order valence-corrected chi connectivity index (χ1v) is 10.0. The van der Waals surface area contributed by atoms with Gasteiger partial charge in [-0.2, -0.15) is 5.10 Å². The van der Waals surface area contributed by atoms with Gasteiger partial charge in [0.05, 0.1) is 11.6 Å². The van der Waals surface area contributed by atoms with Crippen molar-refractivity contribution in [3.63, 3.8) is 0 Å². The molecule has 2 heterocycles. The van der Waals surface area contributed by atoms with Crippen molar-refractivity contribution in [1.29, 1.82) is 0 Å². The number of hydrogen-bond acceptors (Lipinski definition) is 3. The largest absolute Gasteiger partial charge is 0.369 e. The average molecular weight is 410 g/mol. The molecular formula is C23H24F2N4O. The van der Waals surface area contributed by atoms with Crippen molar-refractivity contribution in [2.75, 3.05) is 13.1 Å². The van der Waals surface area contributed by atoms with E-state index >= 15 is 0 Å². The second-order valence-corrected chi connectivity index (χ2v) is 7.83. The van der Waals surface area contributed by atoms with Crippen molar-refractivity contribution in [3.8, 4) is 16.9 Å². The molecule has 7 heteroatoms. The standard InChI is InChI=1S/C23H24F2N4O/c1-15-5-2-3-7-19(15)22-17(13-28-10-4-6-16(12-28)23(26)30)14-29(27-22)21-9-8-18(24)11-20(21)25/h2-3,5,7-9,11,14,16H,4,6,10,12-13H2,1H3,(H2,26,30). The highest BCUT2D eigenvalue weighted by Gasteiger charge is 2.26. The van der Waals surface area contributed by atoms with Gasteiger partial charge in [0, 0.05) is 36.5 Å². The zero-order valence-corrected chi connectivity index (χ0v) is 16.8. The fraction of sp³-hybridized carbons (Fsp3) is 0.304. The Bertz CT molecular complexity index is 1080. The van der Waals surface area contributed by atoms with Crippen LogP contribution in [0.3, 0.4) is 0 Å². The van der Waals surface area contributed by atoms with Crippen LogP contribution in [0.4, 0.5) is 8.78 Å². The second-order valence-electron chi connectivity index (χ2n) is 7.83. The van der Waals surface area contributed by atoms with Gasteiger partial charge in [0.1, 0.15) is 11.5 Å². The third kappa shape index (κ3) is 4.11. The molecule has 0 radical (unpaired) electrons. The highest BCUT2D eigenvalue weighted by molar-refractivity contribution is 5.77. The first-order chi connectivity index (χ1) is 14.4. The van der Waals surface area contributed by atoms with E-state index in [0.717, 1.165) is 47.8 Å². The summed E-state index contributed by atoms with van der Waals surface area (Å²) in [7, 11) is 0. The highest BCUT2D eigenvalue weighted by Crippen LogP contribution is 2.29. The predicted octanol–water partition coefficient (Wildman–Crippen LogP) is 3.82. The summed E-state index contributed by atoms with van der Waals surface area (Å²) in [4.78, 5) is 13.8. The van der Waals surface area contributed by atoms with E-state index in [1.165, 1.54) is 16.8 Å². The van der Waals surface area contributed by atoms with Crippen LogP contribution in [0.15, 0.2) is 48.7 Å². The van der Waals surface area contributed by atoms with Gasteiger partial charge in [-0.3, -0.25) is 9.69 Å². The molecule has 1 saturated heterocycles. The number of carbonyl (C=O) groups is 1. The minimum atomic E-state index is -0.674. The van der Waals surface area contributed by atoms with Gasteiger partial charge >= 0.3 is 0 Å². The molecule has 2 aromatic carbocycles. The van der Waals surface area contributed by atoms with Crippen LogP contribution in [-0.4, -0.2) is 33.7 Å². The van der Waals surface area contributed by atoms with E-state index in [-0.39, 0.29) is 17.5 Å². The molecule has 5 nitrogen and oxygen atoms in total. The fourth-order valence-corrected chi connectivity index (χ4v) is 4.05. The number of amides is 1. The van der Waals surface area contributed by atoms with Crippen LogP contribution in [-0.2, 0) is 11.3 Å². The van der Waals surface area contributed by atoms with Crippen molar-refractivity contribution in [3.05, 3.63) is 71.4 Å². The van der Waals surface area contributed by atoms with Crippen LogP contribution < -0.4 is 5.73 Å². The maximum Gasteiger partial charge on any atom is 0.221 e. The van der Waals surface area contributed by atoms with Gasteiger partial charge in [-0.05, 0) is 44.0 Å². The molecule has 1 fully saturated rings. The maximum absolute atomic E-state index is 14.4. The lowest BCUT2D eigenvalue weighted by molar-refractivity contribution is -0.123. The quantitative estimate of drug-likeness (QED) is 0.695. The third-order valence-electron chi connectivity index (χ3n) is 5.65. The van der Waals surface area contributed by atoms with Crippen molar-refractivity contribution >= 4 is 5.91 Å². The first-order valence-electron chi connectivity index (χ1n) is 10.0. The fourth-order valence-electron chi connectivity index (χ4n) is 4.05. The van der Waals surface area contributed by atoms with Crippen LogP contribution in [0.2, 0.25) is 0 Å². The number of hydrogen-bond donors (Lipinski definition) is 1. The summed E-state index contributed by atoms with van der Waals surface area (Å²) >= 11 is 0. The molecule has 0 spiro atoms. The van der Waals surface area contributed by atoms with E-state index < -0.39 is 11.6 Å². The van der Waals surface area contributed by atoms with Gasteiger partial charge in [0.15, 0.2) is 5.82 Å². The number of carbonyl (C=O) groups excluding carboxylic acids is 1. The lowest BCUT2D eigenvalue weighted by Gasteiger charge is -2.31. The van der Waals surface area contributed by atoms with Crippen molar-refractivity contribution < 1.29 is 13.6 Å². The number of aromatic nitrogens is 2. The van der Waals surface area contributed by atoms with Crippen molar-refractivity contribution in [2.45, 2.75) is 26.3 Å². The summed E-state index contributed by atoms with van der Waals surface area (Å²) in [6.07, 6.45) is 3.48. The number of aryl methyl sites for hydroxylation is 1. The molecule has 156 valence electrons. The minimum absolute atomic E-state index is 0.162. The molecule has 4 rings (SSSR count). The molecule has 3 aromatic rings. The molecule has 1 unspecified atom stereocenters. The maximum atomic E-state index is 14.4. The number of nitrogens with two attached hydrogens (primary N) is 1. The predicted molar refractivity (Wildman–Crippen MR) is 111 cm³/mol. The molecular weight excluding hydrogens is 386 g/mol. The van der Waals surface area contributed by atoms with Crippen LogP contribution in [0.25, 0.3) is 16.9 Å². The SMILES string of the molecule is Cc1ccccc1-c1nn(-c2ccc(F)cc2F)cc1CN1CCCC(C(N)=O)C1. The van der Waals surface area contributed by atoms with Gasteiger partial charge in [-0.25, -0.2) is 13.5 Å². The normalized spacial score (nSPS) is 17.2. The smallest absolute Gasteiger partial charge is 0.221 e. The summed E-state index contributed by atoms with van der Waals surface area (Å²) in [5.74, 6) is -1.74. The Labute approximate surface area is 174 Å². The Morgan fingerprint density at radius 1 is 1.23 bits per heavy atom. The molecule has 30 heavy (non-hydrogen) atoms.